The molecule has 1 atom stereocenters. The van der Waals surface area contributed by atoms with E-state index in [1.54, 1.807) is 6.07 Å². The first kappa shape index (κ1) is 14.8. The van der Waals surface area contributed by atoms with E-state index >= 15 is 0 Å². The van der Waals surface area contributed by atoms with Crippen LogP contribution in [0.3, 0.4) is 0 Å². The van der Waals surface area contributed by atoms with Crippen LogP contribution >= 0.6 is 11.6 Å². The summed E-state index contributed by atoms with van der Waals surface area (Å²) in [6.07, 6.45) is 1.54. The molecule has 1 rings (SSSR count). The van der Waals surface area contributed by atoms with E-state index in [-0.39, 0.29) is 29.7 Å². The second-order valence-corrected chi connectivity index (χ2v) is 4.59. The fourth-order valence-electron chi connectivity index (χ4n) is 1.66. The number of benzene rings is 1. The molecule has 0 radical (unpaired) electrons. The van der Waals surface area contributed by atoms with Gasteiger partial charge in [-0.05, 0) is 30.5 Å². The molecule has 0 aliphatic rings. The number of hydrogen-bond donors (Lipinski definition) is 3. The van der Waals surface area contributed by atoms with E-state index in [0.717, 1.165) is 6.42 Å². The third-order valence-corrected chi connectivity index (χ3v) is 3.11. The number of halogens is 1. The van der Waals surface area contributed by atoms with Crippen molar-refractivity contribution in [3.63, 3.8) is 0 Å². The largest absolute Gasteiger partial charge is 0.507 e. The molecule has 0 aromatic heterocycles. The summed E-state index contributed by atoms with van der Waals surface area (Å²) >= 11 is 5.69. The molecular weight excluding hydrogens is 254 g/mol. The number of nitrogens with one attached hydrogen (secondary N) is 1. The second kappa shape index (κ2) is 7.24. The molecule has 0 saturated carbocycles. The maximum absolute atomic E-state index is 11.8. The van der Waals surface area contributed by atoms with Gasteiger partial charge in [0, 0.05) is 18.2 Å². The topological polar surface area (TPSA) is 69.6 Å². The monoisotopic (exact) mass is 271 g/mol. The Labute approximate surface area is 112 Å². The molecule has 18 heavy (non-hydrogen) atoms. The molecule has 1 aromatic rings. The van der Waals surface area contributed by atoms with E-state index in [1.165, 1.54) is 12.1 Å². The number of carbonyl (C=O) groups is 1. The molecular formula is C13H18ClNO3. The number of rotatable bonds is 6. The Morgan fingerprint density at radius 1 is 1.50 bits per heavy atom. The highest BCUT2D eigenvalue weighted by Gasteiger charge is 2.13. The molecule has 0 aliphatic heterocycles. The molecule has 0 fully saturated rings. The standard InChI is InChI=1S/C13H18ClNO3/c1-2-9(5-6-16)8-15-13(18)11-4-3-10(14)7-12(11)17/h3-4,7,9,16-17H,2,5-6,8H2,1H3,(H,15,18). The van der Waals surface area contributed by atoms with Crippen molar-refractivity contribution < 1.29 is 15.0 Å². The Morgan fingerprint density at radius 2 is 2.22 bits per heavy atom. The summed E-state index contributed by atoms with van der Waals surface area (Å²) < 4.78 is 0. The third-order valence-electron chi connectivity index (χ3n) is 2.87. The normalized spacial score (nSPS) is 12.2. The van der Waals surface area contributed by atoms with E-state index in [4.69, 9.17) is 16.7 Å². The number of phenols is 1. The Morgan fingerprint density at radius 3 is 2.78 bits per heavy atom. The number of amides is 1. The second-order valence-electron chi connectivity index (χ2n) is 4.16. The lowest BCUT2D eigenvalue weighted by molar-refractivity contribution is 0.0941. The first-order valence-corrected chi connectivity index (χ1v) is 6.33. The summed E-state index contributed by atoms with van der Waals surface area (Å²) in [5.41, 5.74) is 0.207. The first-order valence-electron chi connectivity index (χ1n) is 5.96. The summed E-state index contributed by atoms with van der Waals surface area (Å²) in [7, 11) is 0. The number of aliphatic hydroxyl groups excluding tert-OH is 1. The van der Waals surface area contributed by atoms with E-state index in [1.807, 2.05) is 6.92 Å². The lowest BCUT2D eigenvalue weighted by Crippen LogP contribution is -2.29. The molecule has 0 aliphatic carbocycles. The van der Waals surface area contributed by atoms with Gasteiger partial charge in [-0.3, -0.25) is 4.79 Å². The van der Waals surface area contributed by atoms with Gasteiger partial charge in [0.15, 0.2) is 0 Å². The van der Waals surface area contributed by atoms with Gasteiger partial charge in [0.05, 0.1) is 5.56 Å². The molecule has 1 aromatic carbocycles. The predicted octanol–water partition coefficient (Wildman–Crippen LogP) is 2.18. The number of aromatic hydroxyl groups is 1. The van der Waals surface area contributed by atoms with Gasteiger partial charge in [-0.15, -0.1) is 0 Å². The molecule has 3 N–H and O–H groups in total. The molecule has 0 heterocycles. The number of phenolic OH excluding ortho intramolecular Hbond substituents is 1. The van der Waals surface area contributed by atoms with Crippen molar-refractivity contribution in [1.29, 1.82) is 0 Å². The van der Waals surface area contributed by atoms with Gasteiger partial charge in [-0.2, -0.15) is 0 Å². The van der Waals surface area contributed by atoms with Crippen LogP contribution in [0, 0.1) is 5.92 Å². The van der Waals surface area contributed by atoms with Crippen LogP contribution in [0.1, 0.15) is 30.1 Å². The Balaban J connectivity index is 2.59. The summed E-state index contributed by atoms with van der Waals surface area (Å²) in [4.78, 5) is 11.8. The van der Waals surface area contributed by atoms with Crippen molar-refractivity contribution in [1.82, 2.24) is 5.32 Å². The summed E-state index contributed by atoms with van der Waals surface area (Å²) in [5.74, 6) is -0.218. The highest BCUT2D eigenvalue weighted by atomic mass is 35.5. The predicted molar refractivity (Wildman–Crippen MR) is 70.9 cm³/mol. The minimum atomic E-state index is -0.333. The molecule has 100 valence electrons. The molecule has 5 heteroatoms. The van der Waals surface area contributed by atoms with Gasteiger partial charge >= 0.3 is 0 Å². The van der Waals surface area contributed by atoms with E-state index in [0.29, 0.717) is 18.0 Å². The highest BCUT2D eigenvalue weighted by molar-refractivity contribution is 6.30. The molecule has 4 nitrogen and oxygen atoms in total. The third kappa shape index (κ3) is 4.20. The van der Waals surface area contributed by atoms with Crippen LogP contribution in [-0.2, 0) is 0 Å². The average molecular weight is 272 g/mol. The Bertz CT molecular complexity index is 409. The van der Waals surface area contributed by atoms with Crippen LogP contribution < -0.4 is 5.32 Å². The summed E-state index contributed by atoms with van der Waals surface area (Å²) in [6.45, 7) is 2.60. The molecule has 1 unspecified atom stereocenters. The van der Waals surface area contributed by atoms with E-state index < -0.39 is 0 Å². The van der Waals surface area contributed by atoms with Crippen molar-refractivity contribution in [2.75, 3.05) is 13.2 Å². The SMILES string of the molecule is CCC(CCO)CNC(=O)c1ccc(Cl)cc1O. The zero-order valence-electron chi connectivity index (χ0n) is 10.3. The minimum absolute atomic E-state index is 0.112. The Hall–Kier alpha value is -1.26. The van der Waals surface area contributed by atoms with Gasteiger partial charge < -0.3 is 15.5 Å². The van der Waals surface area contributed by atoms with Crippen LogP contribution in [0.25, 0.3) is 0 Å². The van der Waals surface area contributed by atoms with Crippen LogP contribution in [0.15, 0.2) is 18.2 Å². The van der Waals surface area contributed by atoms with Crippen LogP contribution in [0.4, 0.5) is 0 Å². The minimum Gasteiger partial charge on any atom is -0.507 e. The zero-order valence-corrected chi connectivity index (χ0v) is 11.1. The van der Waals surface area contributed by atoms with Crippen molar-refractivity contribution in [2.24, 2.45) is 5.92 Å². The lowest BCUT2D eigenvalue weighted by atomic mass is 10.0. The first-order chi connectivity index (χ1) is 8.58. The van der Waals surface area contributed by atoms with E-state index in [9.17, 15) is 9.90 Å². The molecule has 0 bridgehead atoms. The number of hydrogen-bond acceptors (Lipinski definition) is 3. The zero-order chi connectivity index (χ0) is 13.5. The lowest BCUT2D eigenvalue weighted by Gasteiger charge is -2.14. The van der Waals surface area contributed by atoms with Crippen molar-refractivity contribution >= 4 is 17.5 Å². The summed E-state index contributed by atoms with van der Waals surface area (Å²) in [6, 6.07) is 4.38. The maximum atomic E-state index is 11.8. The smallest absolute Gasteiger partial charge is 0.255 e. The van der Waals surface area contributed by atoms with Crippen molar-refractivity contribution in [2.45, 2.75) is 19.8 Å². The molecule has 0 saturated heterocycles. The van der Waals surface area contributed by atoms with Crippen LogP contribution in [-0.4, -0.2) is 29.3 Å². The molecule has 0 spiro atoms. The van der Waals surface area contributed by atoms with Crippen LogP contribution in [0.5, 0.6) is 5.75 Å². The average Bonchev–Trinajstić information content (AvgIpc) is 2.34. The van der Waals surface area contributed by atoms with Gasteiger partial charge in [0.1, 0.15) is 5.75 Å². The number of aliphatic hydroxyl groups is 1. The van der Waals surface area contributed by atoms with Gasteiger partial charge in [-0.25, -0.2) is 0 Å². The maximum Gasteiger partial charge on any atom is 0.255 e. The van der Waals surface area contributed by atoms with E-state index in [2.05, 4.69) is 5.32 Å². The van der Waals surface area contributed by atoms with Crippen molar-refractivity contribution in [3.05, 3.63) is 28.8 Å². The van der Waals surface area contributed by atoms with Crippen LogP contribution in [0.2, 0.25) is 5.02 Å². The quantitative estimate of drug-likeness (QED) is 0.743. The van der Waals surface area contributed by atoms with Crippen molar-refractivity contribution in [3.8, 4) is 5.75 Å². The highest BCUT2D eigenvalue weighted by Crippen LogP contribution is 2.21. The van der Waals surface area contributed by atoms with Gasteiger partial charge in [-0.1, -0.05) is 24.9 Å². The van der Waals surface area contributed by atoms with Gasteiger partial charge in [0.2, 0.25) is 0 Å². The van der Waals surface area contributed by atoms with Gasteiger partial charge in [0.25, 0.3) is 5.91 Å². The fourth-order valence-corrected chi connectivity index (χ4v) is 1.83. The fraction of sp³-hybridized carbons (Fsp3) is 0.462. The molecule has 1 amide bonds. The Kier molecular flexibility index (Phi) is 5.95. The number of carbonyl (C=O) groups excluding carboxylic acids is 1. The summed E-state index contributed by atoms with van der Waals surface area (Å²) in [5, 5.41) is 21.6.